The molecular formula is C11H13F4N3O. The number of nitrogens with zero attached hydrogens (tertiary/aromatic N) is 2. The molecule has 1 heterocycles. The van der Waals surface area contributed by atoms with E-state index in [-0.39, 0.29) is 5.82 Å². The number of halogens is 4. The molecule has 0 saturated carbocycles. The van der Waals surface area contributed by atoms with Crippen molar-refractivity contribution in [3.63, 3.8) is 0 Å². The summed E-state index contributed by atoms with van der Waals surface area (Å²) in [5, 5.41) is 2.58. The average Bonchev–Trinajstić information content (AvgIpc) is 2.29. The molecular weight excluding hydrogens is 266 g/mol. The molecule has 1 amide bonds. The topological polar surface area (TPSA) is 45.2 Å². The Kier molecular flexibility index (Phi) is 4.68. The molecule has 0 aliphatic rings. The molecule has 19 heavy (non-hydrogen) atoms. The van der Waals surface area contributed by atoms with E-state index in [9.17, 15) is 22.4 Å². The number of carbonyl (C=O) groups is 1. The fraction of sp³-hybridized carbons (Fsp3) is 0.455. The minimum Gasteiger partial charge on any atom is -0.368 e. The first kappa shape index (κ1) is 15.2. The summed E-state index contributed by atoms with van der Waals surface area (Å²) in [6, 6.07) is 1.05. The van der Waals surface area contributed by atoms with Crippen molar-refractivity contribution < 1.29 is 22.4 Å². The van der Waals surface area contributed by atoms with Crippen molar-refractivity contribution in [3.8, 4) is 0 Å². The average molecular weight is 279 g/mol. The third-order valence-corrected chi connectivity index (χ3v) is 2.23. The van der Waals surface area contributed by atoms with Crippen molar-refractivity contribution in [2.45, 2.75) is 13.1 Å². The summed E-state index contributed by atoms with van der Waals surface area (Å²) >= 11 is 0. The van der Waals surface area contributed by atoms with Gasteiger partial charge in [-0.15, -0.1) is 0 Å². The minimum atomic E-state index is -4.53. The van der Waals surface area contributed by atoms with Gasteiger partial charge in [0.15, 0.2) is 11.6 Å². The Balaban J connectivity index is 2.97. The molecule has 0 saturated heterocycles. The van der Waals surface area contributed by atoms with E-state index < -0.39 is 30.0 Å². The third-order valence-electron chi connectivity index (χ3n) is 2.23. The van der Waals surface area contributed by atoms with Crippen molar-refractivity contribution in [2.24, 2.45) is 0 Å². The monoisotopic (exact) mass is 279 g/mol. The van der Waals surface area contributed by atoms with Gasteiger partial charge in [-0.05, 0) is 13.0 Å². The fourth-order valence-corrected chi connectivity index (χ4v) is 1.45. The van der Waals surface area contributed by atoms with E-state index in [0.717, 1.165) is 19.3 Å². The van der Waals surface area contributed by atoms with E-state index in [1.807, 2.05) is 0 Å². The molecule has 8 heteroatoms. The highest BCUT2D eigenvalue weighted by Gasteiger charge is 2.32. The molecule has 0 bridgehead atoms. The molecule has 1 N–H and O–H groups in total. The summed E-state index contributed by atoms with van der Waals surface area (Å²) in [5.41, 5.74) is -0.447. The van der Waals surface area contributed by atoms with Crippen LogP contribution >= 0.6 is 0 Å². The van der Waals surface area contributed by atoms with Gasteiger partial charge in [-0.2, -0.15) is 13.2 Å². The van der Waals surface area contributed by atoms with Crippen LogP contribution in [-0.4, -0.2) is 42.1 Å². The first-order chi connectivity index (χ1) is 8.76. The Morgan fingerprint density at radius 3 is 2.63 bits per heavy atom. The smallest absolute Gasteiger partial charge is 0.368 e. The van der Waals surface area contributed by atoms with Gasteiger partial charge in [0.2, 0.25) is 0 Å². The number of alkyl halides is 3. The Morgan fingerprint density at radius 2 is 2.11 bits per heavy atom. The van der Waals surface area contributed by atoms with Crippen molar-refractivity contribution in [3.05, 3.63) is 23.6 Å². The summed E-state index contributed by atoms with van der Waals surface area (Å²) < 4.78 is 50.4. The lowest BCUT2D eigenvalue weighted by atomic mass is 10.2. The maximum atomic E-state index is 13.8. The molecule has 0 atom stereocenters. The molecule has 0 spiro atoms. The van der Waals surface area contributed by atoms with E-state index in [1.54, 1.807) is 6.92 Å². The van der Waals surface area contributed by atoms with Gasteiger partial charge in [0.1, 0.15) is 6.54 Å². The van der Waals surface area contributed by atoms with Crippen LogP contribution in [0.5, 0.6) is 0 Å². The Labute approximate surface area is 107 Å². The van der Waals surface area contributed by atoms with Gasteiger partial charge in [-0.3, -0.25) is 4.79 Å². The van der Waals surface area contributed by atoms with Crippen LogP contribution in [0.2, 0.25) is 0 Å². The number of nitrogens with one attached hydrogen (secondary N) is 1. The Morgan fingerprint density at radius 1 is 1.47 bits per heavy atom. The summed E-state index contributed by atoms with van der Waals surface area (Å²) in [4.78, 5) is 15.8. The Bertz CT molecular complexity index is 462. The van der Waals surface area contributed by atoms with Crippen molar-refractivity contribution in [1.82, 2.24) is 9.88 Å². The summed E-state index contributed by atoms with van der Waals surface area (Å²) in [6.45, 7) is 0.634. The lowest BCUT2D eigenvalue weighted by molar-refractivity contribution is -0.138. The molecule has 0 aliphatic heterocycles. The van der Waals surface area contributed by atoms with Gasteiger partial charge < -0.3 is 10.2 Å². The van der Waals surface area contributed by atoms with Gasteiger partial charge in [0, 0.05) is 19.8 Å². The van der Waals surface area contributed by atoms with Crippen LogP contribution in [0.1, 0.15) is 17.3 Å². The normalized spacial score (nSPS) is 11.3. The second kappa shape index (κ2) is 5.85. The zero-order valence-corrected chi connectivity index (χ0v) is 10.4. The second-order valence-corrected chi connectivity index (χ2v) is 3.83. The molecule has 0 unspecified atom stereocenters. The number of rotatable bonds is 4. The zero-order valence-electron chi connectivity index (χ0n) is 10.4. The highest BCUT2D eigenvalue weighted by Crippen LogP contribution is 2.20. The van der Waals surface area contributed by atoms with Gasteiger partial charge in [-0.1, -0.05) is 0 Å². The molecule has 1 rings (SSSR count). The summed E-state index contributed by atoms with van der Waals surface area (Å²) in [7, 11) is 0.961. The van der Waals surface area contributed by atoms with Crippen LogP contribution in [0.25, 0.3) is 0 Å². The SMILES string of the molecule is CCNc1nccc(C(=O)N(C)CC(F)(F)F)c1F. The first-order valence-corrected chi connectivity index (χ1v) is 5.47. The lowest BCUT2D eigenvalue weighted by Gasteiger charge is -2.19. The van der Waals surface area contributed by atoms with Crippen molar-refractivity contribution in [2.75, 3.05) is 25.5 Å². The van der Waals surface area contributed by atoms with E-state index in [1.165, 1.54) is 0 Å². The Hall–Kier alpha value is -1.86. The molecule has 0 radical (unpaired) electrons. The number of aromatic nitrogens is 1. The van der Waals surface area contributed by atoms with Crippen molar-refractivity contribution in [1.29, 1.82) is 0 Å². The number of anilines is 1. The molecule has 106 valence electrons. The number of pyridine rings is 1. The van der Waals surface area contributed by atoms with Crippen molar-refractivity contribution >= 4 is 11.7 Å². The molecule has 1 aromatic heterocycles. The molecule has 4 nitrogen and oxygen atoms in total. The molecule has 0 fully saturated rings. The van der Waals surface area contributed by atoms with Gasteiger partial charge in [0.05, 0.1) is 5.56 Å². The second-order valence-electron chi connectivity index (χ2n) is 3.83. The van der Waals surface area contributed by atoms with E-state index in [4.69, 9.17) is 0 Å². The van der Waals surface area contributed by atoms with Crippen LogP contribution in [0.3, 0.4) is 0 Å². The molecule has 0 aliphatic carbocycles. The van der Waals surface area contributed by atoms with Crippen LogP contribution in [0.4, 0.5) is 23.4 Å². The van der Waals surface area contributed by atoms with Gasteiger partial charge in [-0.25, -0.2) is 9.37 Å². The predicted octanol–water partition coefficient (Wildman–Crippen LogP) is 2.29. The largest absolute Gasteiger partial charge is 0.406 e. The van der Waals surface area contributed by atoms with Crippen LogP contribution in [0.15, 0.2) is 12.3 Å². The van der Waals surface area contributed by atoms with Crippen LogP contribution in [0, 0.1) is 5.82 Å². The van der Waals surface area contributed by atoms with Gasteiger partial charge >= 0.3 is 6.18 Å². The molecule has 0 aromatic carbocycles. The van der Waals surface area contributed by atoms with E-state index in [0.29, 0.717) is 11.4 Å². The number of hydrogen-bond acceptors (Lipinski definition) is 3. The number of carbonyl (C=O) groups excluding carboxylic acids is 1. The third kappa shape index (κ3) is 4.08. The highest BCUT2D eigenvalue weighted by atomic mass is 19.4. The maximum Gasteiger partial charge on any atom is 0.406 e. The van der Waals surface area contributed by atoms with E-state index >= 15 is 0 Å². The predicted molar refractivity (Wildman–Crippen MR) is 61.4 cm³/mol. The van der Waals surface area contributed by atoms with E-state index in [2.05, 4.69) is 10.3 Å². The minimum absolute atomic E-state index is 0.159. The maximum absolute atomic E-state index is 13.8. The zero-order chi connectivity index (χ0) is 14.6. The van der Waals surface area contributed by atoms with Crippen LogP contribution in [-0.2, 0) is 0 Å². The molecule has 1 aromatic rings. The van der Waals surface area contributed by atoms with Crippen LogP contribution < -0.4 is 5.32 Å². The summed E-state index contributed by atoms with van der Waals surface area (Å²) in [5.74, 6) is -2.16. The number of amides is 1. The fourth-order valence-electron chi connectivity index (χ4n) is 1.45. The summed E-state index contributed by atoms with van der Waals surface area (Å²) in [6.07, 6.45) is -3.37. The highest BCUT2D eigenvalue weighted by molar-refractivity contribution is 5.95. The number of hydrogen-bond donors (Lipinski definition) is 1. The quantitative estimate of drug-likeness (QED) is 0.860. The van der Waals surface area contributed by atoms with Gasteiger partial charge in [0.25, 0.3) is 5.91 Å². The standard InChI is InChI=1S/C11H13F4N3O/c1-3-16-9-8(12)7(4-5-17-9)10(19)18(2)6-11(13,14)15/h4-5H,3,6H2,1-2H3,(H,16,17). The first-order valence-electron chi connectivity index (χ1n) is 5.47. The lowest BCUT2D eigenvalue weighted by Crippen LogP contribution is -2.36.